The predicted octanol–water partition coefficient (Wildman–Crippen LogP) is -0.251. The van der Waals surface area contributed by atoms with Gasteiger partial charge in [0.25, 0.3) is 0 Å². The minimum absolute atomic E-state index is 0.271. The molecule has 1 heterocycles. The normalized spacial score (nSPS) is 25.4. The van der Waals surface area contributed by atoms with Crippen molar-refractivity contribution in [3.63, 3.8) is 0 Å². The Morgan fingerprint density at radius 3 is 3.00 bits per heavy atom. The zero-order chi connectivity index (χ0) is 8.27. The Labute approximate surface area is 66.7 Å². The molecule has 64 valence electrons. The van der Waals surface area contributed by atoms with Crippen LogP contribution in [0.4, 0.5) is 4.79 Å². The number of hydrogen-bond acceptors (Lipinski definition) is 2. The Balaban J connectivity index is 2.24. The van der Waals surface area contributed by atoms with Crippen molar-refractivity contribution in [2.75, 3.05) is 19.6 Å². The molecule has 1 aliphatic heterocycles. The first-order valence-electron chi connectivity index (χ1n) is 4.00. The van der Waals surface area contributed by atoms with E-state index in [1.165, 1.54) is 0 Å². The fourth-order valence-corrected chi connectivity index (χ4v) is 1.44. The number of nitrogens with one attached hydrogen (secondary N) is 1. The molecule has 3 N–H and O–H groups in total. The Kier molecular flexibility index (Phi) is 2.70. The summed E-state index contributed by atoms with van der Waals surface area (Å²) in [7, 11) is 0. The molecule has 1 rings (SSSR count). The lowest BCUT2D eigenvalue weighted by molar-refractivity contribution is 0.244. The summed E-state index contributed by atoms with van der Waals surface area (Å²) in [4.78, 5) is 12.7. The number of amides is 2. The van der Waals surface area contributed by atoms with Gasteiger partial charge in [-0.2, -0.15) is 0 Å². The molecule has 0 aromatic carbocycles. The molecule has 0 spiro atoms. The second-order valence-electron chi connectivity index (χ2n) is 2.89. The van der Waals surface area contributed by atoms with Crippen molar-refractivity contribution in [1.29, 1.82) is 0 Å². The van der Waals surface area contributed by atoms with Crippen molar-refractivity contribution < 1.29 is 4.79 Å². The van der Waals surface area contributed by atoms with E-state index in [1.807, 2.05) is 0 Å². The van der Waals surface area contributed by atoms with Gasteiger partial charge in [-0.1, -0.05) is 6.92 Å². The van der Waals surface area contributed by atoms with Crippen LogP contribution in [0.25, 0.3) is 0 Å². The van der Waals surface area contributed by atoms with E-state index in [1.54, 1.807) is 0 Å². The number of urea groups is 1. The highest BCUT2D eigenvalue weighted by Crippen LogP contribution is 2.07. The molecule has 0 saturated carbocycles. The molecule has 2 amide bonds. The number of primary amides is 1. The summed E-state index contributed by atoms with van der Waals surface area (Å²) >= 11 is 0. The highest BCUT2D eigenvalue weighted by molar-refractivity contribution is 5.72. The second-order valence-corrected chi connectivity index (χ2v) is 2.89. The van der Waals surface area contributed by atoms with Crippen LogP contribution in [0.1, 0.15) is 13.3 Å². The summed E-state index contributed by atoms with van der Waals surface area (Å²) in [5, 5.41) is 2.70. The maximum atomic E-state index is 10.4. The fourth-order valence-electron chi connectivity index (χ4n) is 1.44. The molecular weight excluding hydrogens is 142 g/mol. The summed E-state index contributed by atoms with van der Waals surface area (Å²) in [5.74, 6) is 0. The van der Waals surface area contributed by atoms with Gasteiger partial charge in [0, 0.05) is 19.1 Å². The van der Waals surface area contributed by atoms with E-state index in [9.17, 15) is 4.79 Å². The van der Waals surface area contributed by atoms with Crippen LogP contribution >= 0.6 is 0 Å². The van der Waals surface area contributed by atoms with E-state index in [4.69, 9.17) is 5.73 Å². The molecule has 1 atom stereocenters. The van der Waals surface area contributed by atoms with E-state index in [2.05, 4.69) is 17.1 Å². The zero-order valence-electron chi connectivity index (χ0n) is 6.84. The first-order chi connectivity index (χ1) is 5.22. The monoisotopic (exact) mass is 157 g/mol. The van der Waals surface area contributed by atoms with Gasteiger partial charge in [0.15, 0.2) is 0 Å². The van der Waals surface area contributed by atoms with Crippen LogP contribution in [-0.2, 0) is 0 Å². The molecule has 4 heteroatoms. The predicted molar refractivity (Wildman–Crippen MR) is 43.2 cm³/mol. The van der Waals surface area contributed by atoms with E-state index < -0.39 is 6.03 Å². The minimum Gasteiger partial charge on any atom is -0.352 e. The Hall–Kier alpha value is -0.770. The highest BCUT2D eigenvalue weighted by atomic mass is 16.2. The number of carbonyl (C=O) groups is 1. The van der Waals surface area contributed by atoms with Crippen molar-refractivity contribution in [2.24, 2.45) is 5.73 Å². The number of likely N-dealkylation sites (N-methyl/N-ethyl adjacent to an activating group) is 1. The number of nitrogens with two attached hydrogens (primary N) is 1. The van der Waals surface area contributed by atoms with Crippen molar-refractivity contribution in [3.05, 3.63) is 0 Å². The zero-order valence-corrected chi connectivity index (χ0v) is 6.84. The molecule has 0 radical (unpaired) electrons. The third-order valence-corrected chi connectivity index (χ3v) is 2.07. The van der Waals surface area contributed by atoms with Crippen molar-refractivity contribution in [2.45, 2.75) is 19.4 Å². The van der Waals surface area contributed by atoms with Crippen molar-refractivity contribution in [1.82, 2.24) is 10.2 Å². The number of rotatable bonds is 2. The summed E-state index contributed by atoms with van der Waals surface area (Å²) in [5.41, 5.74) is 4.99. The van der Waals surface area contributed by atoms with E-state index >= 15 is 0 Å². The van der Waals surface area contributed by atoms with Gasteiger partial charge in [0.2, 0.25) is 0 Å². The summed E-state index contributed by atoms with van der Waals surface area (Å²) in [6.45, 7) is 5.18. The fraction of sp³-hybridized carbons (Fsp3) is 0.857. The van der Waals surface area contributed by atoms with E-state index in [0.29, 0.717) is 0 Å². The lowest BCUT2D eigenvalue weighted by atomic mass is 10.3. The topological polar surface area (TPSA) is 58.4 Å². The van der Waals surface area contributed by atoms with Gasteiger partial charge in [-0.25, -0.2) is 4.79 Å². The lowest BCUT2D eigenvalue weighted by Crippen LogP contribution is -2.40. The van der Waals surface area contributed by atoms with Crippen LogP contribution in [0.2, 0.25) is 0 Å². The molecule has 0 aliphatic carbocycles. The Morgan fingerprint density at radius 2 is 2.55 bits per heavy atom. The largest absolute Gasteiger partial charge is 0.352 e. The minimum atomic E-state index is -0.409. The van der Waals surface area contributed by atoms with Crippen LogP contribution < -0.4 is 11.1 Å². The van der Waals surface area contributed by atoms with Crippen molar-refractivity contribution in [3.8, 4) is 0 Å². The molecule has 1 fully saturated rings. The first-order valence-corrected chi connectivity index (χ1v) is 4.00. The number of nitrogens with zero attached hydrogens (tertiary/aromatic N) is 1. The van der Waals surface area contributed by atoms with Crippen LogP contribution in [-0.4, -0.2) is 36.6 Å². The van der Waals surface area contributed by atoms with Gasteiger partial charge in [-0.15, -0.1) is 0 Å². The molecular formula is C7H15N3O. The molecule has 11 heavy (non-hydrogen) atoms. The summed E-state index contributed by atoms with van der Waals surface area (Å²) in [6.07, 6.45) is 1.02. The third kappa shape index (κ3) is 2.38. The van der Waals surface area contributed by atoms with E-state index in [0.717, 1.165) is 26.1 Å². The standard InChI is InChI=1S/C7H15N3O/c1-2-10-4-3-6(5-10)9-7(8)11/h6H,2-5H2,1H3,(H3,8,9,11)/t6-/m1/s1. The van der Waals surface area contributed by atoms with E-state index in [-0.39, 0.29) is 6.04 Å². The van der Waals surface area contributed by atoms with Gasteiger partial charge in [-0.05, 0) is 13.0 Å². The molecule has 4 nitrogen and oxygen atoms in total. The maximum absolute atomic E-state index is 10.4. The van der Waals surface area contributed by atoms with Gasteiger partial charge in [0.05, 0.1) is 0 Å². The van der Waals surface area contributed by atoms with Crippen LogP contribution in [0.3, 0.4) is 0 Å². The number of likely N-dealkylation sites (tertiary alicyclic amines) is 1. The molecule has 1 aliphatic rings. The van der Waals surface area contributed by atoms with Crippen LogP contribution in [0, 0.1) is 0 Å². The van der Waals surface area contributed by atoms with Crippen molar-refractivity contribution >= 4 is 6.03 Å². The smallest absolute Gasteiger partial charge is 0.312 e. The summed E-state index contributed by atoms with van der Waals surface area (Å²) in [6, 6.07) is -0.139. The molecule has 0 bridgehead atoms. The lowest BCUT2D eigenvalue weighted by Gasteiger charge is -2.12. The summed E-state index contributed by atoms with van der Waals surface area (Å²) < 4.78 is 0. The molecule has 1 saturated heterocycles. The van der Waals surface area contributed by atoms with Gasteiger partial charge >= 0.3 is 6.03 Å². The maximum Gasteiger partial charge on any atom is 0.312 e. The molecule has 0 aromatic rings. The molecule has 0 unspecified atom stereocenters. The Bertz CT molecular complexity index is 149. The molecule has 0 aromatic heterocycles. The average molecular weight is 157 g/mol. The third-order valence-electron chi connectivity index (χ3n) is 2.07. The second kappa shape index (κ2) is 3.57. The average Bonchev–Trinajstić information content (AvgIpc) is 2.34. The SMILES string of the molecule is CCN1CC[C@@H](NC(N)=O)C1. The van der Waals surface area contributed by atoms with Gasteiger partial charge < -0.3 is 16.0 Å². The first kappa shape index (κ1) is 8.33. The highest BCUT2D eigenvalue weighted by Gasteiger charge is 2.21. The van der Waals surface area contributed by atoms with Gasteiger partial charge in [0.1, 0.15) is 0 Å². The van der Waals surface area contributed by atoms with Gasteiger partial charge in [-0.3, -0.25) is 0 Å². The number of carbonyl (C=O) groups excluding carboxylic acids is 1. The quantitative estimate of drug-likeness (QED) is 0.580. The van der Waals surface area contributed by atoms with Crippen LogP contribution in [0.15, 0.2) is 0 Å². The Morgan fingerprint density at radius 1 is 1.82 bits per heavy atom. The number of hydrogen-bond donors (Lipinski definition) is 2. The van der Waals surface area contributed by atoms with Crippen LogP contribution in [0.5, 0.6) is 0 Å².